The highest BCUT2D eigenvalue weighted by Gasteiger charge is 2.28. The predicted octanol–water partition coefficient (Wildman–Crippen LogP) is 14.8. The van der Waals surface area contributed by atoms with E-state index in [9.17, 15) is 1.37 Å². The average Bonchev–Trinajstić information content (AvgIpc) is 3.63. The van der Waals surface area contributed by atoms with Crippen molar-refractivity contribution < 1.29 is 22.9 Å². The van der Waals surface area contributed by atoms with Crippen molar-refractivity contribution in [1.82, 2.24) is 15.0 Å². The number of rotatable bonds is 7. The van der Waals surface area contributed by atoms with Gasteiger partial charge >= 0.3 is 0 Å². The lowest BCUT2D eigenvalue weighted by Crippen LogP contribution is -2.20. The maximum Gasteiger partial charge on any atom is 0.227 e. The number of hydrogen-bond acceptors (Lipinski definition) is 5. The minimum absolute atomic E-state index is 0.0486. The highest BCUT2D eigenvalue weighted by atomic mass is 16.5. The van der Waals surface area contributed by atoms with E-state index in [1.54, 1.807) is 42.5 Å². The first-order valence-electron chi connectivity index (χ1n) is 24.7. The van der Waals surface area contributed by atoms with Crippen molar-refractivity contribution in [1.29, 1.82) is 0 Å². The van der Waals surface area contributed by atoms with Crippen molar-refractivity contribution >= 4 is 22.1 Å². The molecule has 1 aliphatic carbocycles. The first kappa shape index (κ1) is 27.5. The molecule has 4 aromatic heterocycles. The molecule has 0 amide bonds. The molecule has 0 atom stereocenters. The van der Waals surface area contributed by atoms with Crippen LogP contribution in [-0.2, 0) is 0 Å². The first-order chi connectivity index (χ1) is 31.9. The van der Waals surface area contributed by atoms with Gasteiger partial charge in [0.15, 0.2) is 0 Å². The summed E-state index contributed by atoms with van der Waals surface area (Å²) in [5.74, 6) is -0.432. The van der Waals surface area contributed by atoms with Crippen LogP contribution < -0.4 is 4.74 Å². The molecule has 5 nitrogen and oxygen atoms in total. The number of pyridine rings is 3. The van der Waals surface area contributed by atoms with Gasteiger partial charge in [-0.1, -0.05) is 62.4 Å². The van der Waals surface area contributed by atoms with Crippen LogP contribution in [0.4, 0.5) is 0 Å². The molecule has 0 N–H and O–H groups in total. The molecule has 0 aliphatic heterocycles. The fourth-order valence-electron chi connectivity index (χ4n) is 8.17. The smallest absolute Gasteiger partial charge is 0.227 e. The van der Waals surface area contributed by atoms with E-state index in [1.165, 1.54) is 12.1 Å². The van der Waals surface area contributed by atoms with Crippen LogP contribution in [-0.4, -0.2) is 15.0 Å². The van der Waals surface area contributed by atoms with Crippen LogP contribution in [0.5, 0.6) is 11.5 Å². The predicted molar refractivity (Wildman–Crippen MR) is 239 cm³/mol. The largest absolute Gasteiger partial charge is 0.457 e. The van der Waals surface area contributed by atoms with Crippen LogP contribution in [0.2, 0.25) is 0 Å². The molecule has 8 aromatic rings. The Morgan fingerprint density at radius 1 is 0.672 bits per heavy atom. The van der Waals surface area contributed by atoms with Gasteiger partial charge in [-0.05, 0) is 182 Å². The molecule has 5 heteroatoms. The molecule has 1 aliphatic rings. The number of aromatic nitrogens is 3. The van der Waals surface area contributed by atoms with Crippen molar-refractivity contribution in [2.45, 2.75) is 86.8 Å². The highest BCUT2D eigenvalue weighted by Crippen LogP contribution is 2.45. The van der Waals surface area contributed by atoms with E-state index >= 15 is 0 Å². The molecule has 0 saturated heterocycles. The zero-order valence-electron chi connectivity index (χ0n) is 43.4. The number of ether oxygens (including phenoxy) is 1. The molecule has 1 fully saturated rings. The van der Waals surface area contributed by atoms with Gasteiger partial charge in [-0.25, -0.2) is 4.98 Å². The quantitative estimate of drug-likeness (QED) is 0.161. The zero-order valence-corrected chi connectivity index (χ0v) is 33.4. The highest BCUT2D eigenvalue weighted by molar-refractivity contribution is 6.09. The molecule has 0 unspecified atom stereocenters. The van der Waals surface area contributed by atoms with E-state index in [2.05, 4.69) is 44.0 Å². The zero-order chi connectivity index (χ0) is 48.7. The molecular formula is C53H51N3O2. The number of hydrogen-bond donors (Lipinski definition) is 0. The summed E-state index contributed by atoms with van der Waals surface area (Å²) >= 11 is 0. The molecule has 4 aromatic carbocycles. The van der Waals surface area contributed by atoms with Gasteiger partial charge in [0.2, 0.25) is 5.71 Å². The second-order valence-corrected chi connectivity index (χ2v) is 16.4. The Labute approximate surface area is 356 Å². The molecule has 0 bridgehead atoms. The summed E-state index contributed by atoms with van der Waals surface area (Å²) in [6, 6.07) is 29.0. The number of aryl methyl sites for hydroxylation is 5. The van der Waals surface area contributed by atoms with Gasteiger partial charge in [0.1, 0.15) is 17.1 Å². The molecule has 290 valence electrons. The number of fused-ring (bicyclic) bond motifs is 3. The SMILES string of the molecule is [2H]C([2H])([2H])c1cnc(-c2cc(Oc3cc(-c4cc(-c5ccc(C6([2H])CCC(C)(C)CC6)cc5C)c(C)cn4)c4oc5nc(C)ccc5c4c3)c(C([2H])([2H])[2H])c(-c3ccccc3)c2)cc1C([2H])([2H])[2H]. The van der Waals surface area contributed by atoms with Crippen LogP contribution in [0.25, 0.3) is 66.8 Å². The van der Waals surface area contributed by atoms with E-state index in [1.807, 2.05) is 44.3 Å². The maximum absolute atomic E-state index is 9.44. The Morgan fingerprint density at radius 3 is 2.24 bits per heavy atom. The molecule has 4 heterocycles. The van der Waals surface area contributed by atoms with E-state index < -0.39 is 32.0 Å². The molecule has 1 saturated carbocycles. The van der Waals surface area contributed by atoms with Crippen molar-refractivity contribution in [2.24, 2.45) is 5.41 Å². The van der Waals surface area contributed by atoms with Gasteiger partial charge in [0, 0.05) is 53.7 Å². The maximum atomic E-state index is 9.44. The number of benzene rings is 4. The second-order valence-electron chi connectivity index (χ2n) is 16.4. The standard InChI is InChI=1S/C53H51N3O2/c1-31-23-48(54-29-33(31)3)40-24-45(38-12-10-9-11-13-38)36(6)50(25-40)57-41-26-46-43-16-14-35(5)56-52(43)58-51(46)47(27-41)49-28-44(34(4)30-55-49)42-17-15-39(22-32(42)2)37-18-20-53(7,8)21-19-37/h9-17,22-30,37H,18-21H2,1-8H3/i1D3,3D3,6D3,37D. The minimum atomic E-state index is -2.79. The molecule has 9 rings (SSSR count). The van der Waals surface area contributed by atoms with Crippen LogP contribution >= 0.6 is 0 Å². The number of furan rings is 1. The van der Waals surface area contributed by atoms with Crippen molar-refractivity contribution in [3.8, 4) is 56.3 Å². The molecule has 58 heavy (non-hydrogen) atoms. The normalized spacial score (nSPS) is 18.1. The Morgan fingerprint density at radius 2 is 1.47 bits per heavy atom. The summed E-state index contributed by atoms with van der Waals surface area (Å²) in [6.45, 7) is 2.27. The van der Waals surface area contributed by atoms with E-state index in [4.69, 9.17) is 31.5 Å². The summed E-state index contributed by atoms with van der Waals surface area (Å²) in [7, 11) is 0. The van der Waals surface area contributed by atoms with Crippen LogP contribution in [0.3, 0.4) is 0 Å². The lowest BCUT2D eigenvalue weighted by Gasteiger charge is -2.34. The van der Waals surface area contributed by atoms with Crippen LogP contribution in [0, 0.1) is 46.7 Å². The van der Waals surface area contributed by atoms with E-state index in [0.717, 1.165) is 65.4 Å². The summed E-state index contributed by atoms with van der Waals surface area (Å²) in [4.78, 5) is 14.1. The molecular weight excluding hydrogens is 711 g/mol. The Hall–Kier alpha value is -6.07. The third-order valence-electron chi connectivity index (χ3n) is 11.7. The third-order valence-corrected chi connectivity index (χ3v) is 11.7. The number of nitrogens with zero attached hydrogens (tertiary/aromatic N) is 3. The van der Waals surface area contributed by atoms with Crippen LogP contribution in [0.15, 0.2) is 114 Å². The van der Waals surface area contributed by atoms with Gasteiger partial charge in [-0.3, -0.25) is 9.97 Å². The topological polar surface area (TPSA) is 61.0 Å². The fourth-order valence-corrected chi connectivity index (χ4v) is 8.17. The summed E-state index contributed by atoms with van der Waals surface area (Å²) in [5.41, 5.74) is 8.39. The monoisotopic (exact) mass is 771 g/mol. The van der Waals surface area contributed by atoms with Crippen molar-refractivity contribution in [3.63, 3.8) is 0 Å². The van der Waals surface area contributed by atoms with Crippen molar-refractivity contribution in [3.05, 3.63) is 149 Å². The van der Waals surface area contributed by atoms with Crippen molar-refractivity contribution in [2.75, 3.05) is 0 Å². The van der Waals surface area contributed by atoms with Gasteiger partial charge in [-0.2, -0.15) is 0 Å². The van der Waals surface area contributed by atoms with Gasteiger partial charge < -0.3 is 9.15 Å². The fraction of sp³-hybridized carbons (Fsp3) is 0.264. The molecule has 0 radical (unpaired) electrons. The van der Waals surface area contributed by atoms with E-state index in [-0.39, 0.29) is 33.7 Å². The summed E-state index contributed by atoms with van der Waals surface area (Å²) in [6.07, 6.45) is 6.49. The summed E-state index contributed by atoms with van der Waals surface area (Å²) < 4.78 is 98.2. The van der Waals surface area contributed by atoms with Gasteiger partial charge in [0.05, 0.1) is 11.4 Å². The summed E-state index contributed by atoms with van der Waals surface area (Å²) in [5, 5.41) is 1.36. The Balaban J connectivity index is 1.22. The van der Waals surface area contributed by atoms with Gasteiger partial charge in [0.25, 0.3) is 0 Å². The first-order valence-corrected chi connectivity index (χ1v) is 19.7. The van der Waals surface area contributed by atoms with E-state index in [0.29, 0.717) is 50.0 Å². The third kappa shape index (κ3) is 7.08. The lowest BCUT2D eigenvalue weighted by molar-refractivity contribution is 0.224. The van der Waals surface area contributed by atoms with Crippen LogP contribution in [0.1, 0.15) is 98.2 Å². The Kier molecular flexibility index (Phi) is 6.98. The lowest BCUT2D eigenvalue weighted by atomic mass is 9.71. The Bertz CT molecular complexity index is 3250. The minimum Gasteiger partial charge on any atom is -0.457 e. The van der Waals surface area contributed by atoms with Gasteiger partial charge in [-0.15, -0.1) is 0 Å². The molecule has 0 spiro atoms. The average molecular weight is 772 g/mol. The second kappa shape index (κ2) is 14.7.